The average Bonchev–Trinajstić information content (AvgIpc) is 2.74. The molecule has 0 heterocycles. The number of carbonyl (C=O) groups excluding carboxylic acids is 3. The molecule has 0 aliphatic carbocycles. The minimum absolute atomic E-state index is 0.112. The fraction of sp³-hybridized carbons (Fsp3) is 0.684. The minimum Gasteiger partial charge on any atom is -0.481 e. The number of unbranched alkanes of at least 4 members (excludes halogenated alkanes) is 1. The highest BCUT2D eigenvalue weighted by atomic mass is 16.4. The van der Waals surface area contributed by atoms with Crippen molar-refractivity contribution in [2.24, 2.45) is 27.9 Å². The van der Waals surface area contributed by atoms with E-state index in [1.807, 2.05) is 0 Å². The molecule has 4 atom stereocenters. The number of nitrogens with two attached hydrogens (primary N) is 4. The van der Waals surface area contributed by atoms with Crippen LogP contribution >= 0.6 is 0 Å². The SMILES string of the molecule is CC(NC(=O)C(CCCCN)NC(=O)C(CC(=O)O)NC(=O)C(N)CCCN=C(N)N)C(=O)O. The largest absolute Gasteiger partial charge is 0.481 e. The first-order valence-electron chi connectivity index (χ1n) is 10.8. The monoisotopic (exact) mass is 488 g/mol. The number of amides is 3. The van der Waals surface area contributed by atoms with Gasteiger partial charge >= 0.3 is 11.9 Å². The lowest BCUT2D eigenvalue weighted by molar-refractivity contribution is -0.143. The Kier molecular flexibility index (Phi) is 14.6. The molecular weight excluding hydrogens is 452 g/mol. The van der Waals surface area contributed by atoms with Crippen LogP contribution in [0.1, 0.15) is 45.4 Å². The number of aliphatic imine (C=N–C) groups is 1. The Bertz CT molecular complexity index is 742. The van der Waals surface area contributed by atoms with Crippen molar-refractivity contribution in [2.75, 3.05) is 13.1 Å². The summed E-state index contributed by atoms with van der Waals surface area (Å²) in [5, 5.41) is 25.1. The van der Waals surface area contributed by atoms with Gasteiger partial charge < -0.3 is 49.1 Å². The highest BCUT2D eigenvalue weighted by Gasteiger charge is 2.30. The summed E-state index contributed by atoms with van der Waals surface area (Å²) in [6.45, 7) is 1.82. The zero-order chi connectivity index (χ0) is 26.3. The number of rotatable bonds is 17. The lowest BCUT2D eigenvalue weighted by Gasteiger charge is -2.24. The van der Waals surface area contributed by atoms with Crippen LogP contribution in [0.3, 0.4) is 0 Å². The molecular formula is C19H36N8O7. The smallest absolute Gasteiger partial charge is 0.325 e. The van der Waals surface area contributed by atoms with Crippen LogP contribution in [-0.4, -0.2) is 83.1 Å². The fourth-order valence-electron chi connectivity index (χ4n) is 2.72. The first-order chi connectivity index (χ1) is 15.9. The van der Waals surface area contributed by atoms with Gasteiger partial charge in [0.25, 0.3) is 0 Å². The van der Waals surface area contributed by atoms with Crippen molar-refractivity contribution in [3.05, 3.63) is 0 Å². The first kappa shape index (κ1) is 30.5. The zero-order valence-corrected chi connectivity index (χ0v) is 19.2. The van der Waals surface area contributed by atoms with E-state index in [1.54, 1.807) is 0 Å². The molecule has 0 saturated heterocycles. The van der Waals surface area contributed by atoms with Gasteiger partial charge in [-0.2, -0.15) is 0 Å². The Labute approximate surface area is 197 Å². The summed E-state index contributed by atoms with van der Waals surface area (Å²) in [5.74, 6) is -5.22. The van der Waals surface area contributed by atoms with Gasteiger partial charge in [-0.1, -0.05) is 0 Å². The van der Waals surface area contributed by atoms with Gasteiger partial charge in [-0.25, -0.2) is 0 Å². The normalized spacial score (nSPS) is 14.1. The molecule has 0 radical (unpaired) electrons. The molecule has 15 heteroatoms. The van der Waals surface area contributed by atoms with Crippen LogP contribution < -0.4 is 38.9 Å². The number of hydrogen-bond donors (Lipinski definition) is 9. The van der Waals surface area contributed by atoms with E-state index >= 15 is 0 Å². The maximum absolute atomic E-state index is 12.7. The van der Waals surface area contributed by atoms with Gasteiger partial charge in [-0.15, -0.1) is 0 Å². The van der Waals surface area contributed by atoms with E-state index in [0.717, 1.165) is 0 Å². The van der Waals surface area contributed by atoms with Gasteiger partial charge in [0, 0.05) is 6.54 Å². The molecule has 0 aliphatic rings. The molecule has 34 heavy (non-hydrogen) atoms. The van der Waals surface area contributed by atoms with Crippen molar-refractivity contribution in [3.8, 4) is 0 Å². The number of carboxylic acids is 2. The Balaban J connectivity index is 5.26. The van der Waals surface area contributed by atoms with Crippen LogP contribution in [0.25, 0.3) is 0 Å². The highest BCUT2D eigenvalue weighted by molar-refractivity contribution is 5.95. The third kappa shape index (κ3) is 13.2. The molecule has 0 rings (SSSR count). The van der Waals surface area contributed by atoms with Gasteiger partial charge in [0.15, 0.2) is 5.96 Å². The van der Waals surface area contributed by atoms with Gasteiger partial charge in [-0.05, 0) is 45.6 Å². The van der Waals surface area contributed by atoms with Crippen LogP contribution in [0.15, 0.2) is 4.99 Å². The van der Waals surface area contributed by atoms with Gasteiger partial charge in [0.1, 0.15) is 18.1 Å². The second-order valence-corrected chi connectivity index (χ2v) is 7.63. The quantitative estimate of drug-likeness (QED) is 0.0550. The van der Waals surface area contributed by atoms with Crippen LogP contribution in [0.2, 0.25) is 0 Å². The van der Waals surface area contributed by atoms with Crippen molar-refractivity contribution in [3.63, 3.8) is 0 Å². The van der Waals surface area contributed by atoms with Crippen molar-refractivity contribution < 1.29 is 34.2 Å². The number of nitrogens with zero attached hydrogens (tertiary/aromatic N) is 1. The molecule has 3 amide bonds. The van der Waals surface area contributed by atoms with Crippen molar-refractivity contribution in [2.45, 2.75) is 69.6 Å². The molecule has 194 valence electrons. The van der Waals surface area contributed by atoms with Gasteiger partial charge in [0.05, 0.1) is 12.5 Å². The lowest BCUT2D eigenvalue weighted by atomic mass is 10.1. The maximum Gasteiger partial charge on any atom is 0.325 e. The molecule has 0 saturated carbocycles. The summed E-state index contributed by atoms with van der Waals surface area (Å²) < 4.78 is 0. The van der Waals surface area contributed by atoms with E-state index in [2.05, 4.69) is 20.9 Å². The number of guanidine groups is 1. The molecule has 0 aromatic carbocycles. The van der Waals surface area contributed by atoms with E-state index in [9.17, 15) is 24.0 Å². The highest BCUT2D eigenvalue weighted by Crippen LogP contribution is 2.05. The molecule has 0 bridgehead atoms. The van der Waals surface area contributed by atoms with Crippen LogP contribution in [0.4, 0.5) is 0 Å². The van der Waals surface area contributed by atoms with Crippen LogP contribution in [0, 0.1) is 0 Å². The summed E-state index contributed by atoms with van der Waals surface area (Å²) in [4.78, 5) is 63.6. The van der Waals surface area contributed by atoms with E-state index in [0.29, 0.717) is 25.8 Å². The van der Waals surface area contributed by atoms with Gasteiger partial charge in [-0.3, -0.25) is 29.0 Å². The fourth-order valence-corrected chi connectivity index (χ4v) is 2.72. The molecule has 4 unspecified atom stereocenters. The molecule has 0 fully saturated rings. The molecule has 0 aliphatic heterocycles. The Morgan fingerprint density at radius 1 is 0.853 bits per heavy atom. The van der Waals surface area contributed by atoms with E-state index < -0.39 is 60.2 Å². The molecule has 0 spiro atoms. The lowest BCUT2D eigenvalue weighted by Crippen LogP contribution is -2.57. The van der Waals surface area contributed by atoms with E-state index in [-0.39, 0.29) is 25.3 Å². The summed E-state index contributed by atoms with van der Waals surface area (Å²) in [6.07, 6.45) is 0.875. The summed E-state index contributed by atoms with van der Waals surface area (Å²) in [5.41, 5.74) is 21.7. The number of nitrogens with one attached hydrogen (secondary N) is 3. The second-order valence-electron chi connectivity index (χ2n) is 7.63. The predicted octanol–water partition coefficient (Wildman–Crippen LogP) is -3.47. The van der Waals surface area contributed by atoms with Crippen LogP contribution in [0.5, 0.6) is 0 Å². The summed E-state index contributed by atoms with van der Waals surface area (Å²) in [7, 11) is 0. The Morgan fingerprint density at radius 2 is 1.44 bits per heavy atom. The Hall–Kier alpha value is -3.46. The zero-order valence-electron chi connectivity index (χ0n) is 19.2. The maximum atomic E-state index is 12.7. The van der Waals surface area contributed by atoms with Crippen molar-refractivity contribution >= 4 is 35.6 Å². The number of carboxylic acid groups (broad SMARTS) is 2. The second kappa shape index (κ2) is 16.2. The van der Waals surface area contributed by atoms with E-state index in [4.69, 9.17) is 33.1 Å². The first-order valence-corrected chi connectivity index (χ1v) is 10.8. The number of carbonyl (C=O) groups is 5. The predicted molar refractivity (Wildman–Crippen MR) is 122 cm³/mol. The summed E-state index contributed by atoms with van der Waals surface area (Å²) >= 11 is 0. The molecule has 0 aromatic rings. The topological polar surface area (TPSA) is 278 Å². The molecule has 0 aromatic heterocycles. The number of hydrogen-bond acceptors (Lipinski definition) is 8. The third-order valence-electron chi connectivity index (χ3n) is 4.63. The summed E-state index contributed by atoms with van der Waals surface area (Å²) in [6, 6.07) is -4.95. The molecule has 13 N–H and O–H groups in total. The van der Waals surface area contributed by atoms with Crippen molar-refractivity contribution in [1.29, 1.82) is 0 Å². The molecule has 15 nitrogen and oxygen atoms in total. The van der Waals surface area contributed by atoms with Crippen molar-refractivity contribution in [1.82, 2.24) is 16.0 Å². The standard InChI is InChI=1S/C19H36N8O7/c1-10(18(33)34)25-16(31)12(6-2-3-7-20)26-17(32)13(9-14(28)29)27-15(30)11(21)5-4-8-24-19(22)23/h10-13H,2-9,20-21H2,1H3,(H,25,31)(H,26,32)(H,27,30)(H,28,29)(H,33,34)(H4,22,23,24). The Morgan fingerprint density at radius 3 is 1.97 bits per heavy atom. The van der Waals surface area contributed by atoms with Crippen LogP contribution in [-0.2, 0) is 24.0 Å². The average molecular weight is 489 g/mol. The van der Waals surface area contributed by atoms with E-state index in [1.165, 1.54) is 6.92 Å². The van der Waals surface area contributed by atoms with Gasteiger partial charge in [0.2, 0.25) is 17.7 Å². The third-order valence-corrected chi connectivity index (χ3v) is 4.63. The minimum atomic E-state index is -1.52. The number of aliphatic carboxylic acids is 2.